The molecule has 0 amide bonds. The largest absolute Gasteiger partial charge is 0.493 e. The summed E-state index contributed by atoms with van der Waals surface area (Å²) in [4.78, 5) is 16.5. The van der Waals surface area contributed by atoms with Gasteiger partial charge in [0.1, 0.15) is 5.75 Å². The fourth-order valence-electron chi connectivity index (χ4n) is 4.16. The second kappa shape index (κ2) is 11.5. The second-order valence-corrected chi connectivity index (χ2v) is 8.38. The summed E-state index contributed by atoms with van der Waals surface area (Å²) >= 11 is 0. The number of benzene rings is 2. The zero-order valence-corrected chi connectivity index (χ0v) is 20.2. The van der Waals surface area contributed by atoms with E-state index < -0.39 is 5.97 Å². The number of carboxylic acid groups (broad SMARTS) is 1. The van der Waals surface area contributed by atoms with E-state index in [1.807, 2.05) is 0 Å². The summed E-state index contributed by atoms with van der Waals surface area (Å²) in [5.74, 6) is 0.0892. The quantitative estimate of drug-likeness (QED) is 0.513. The molecule has 2 aromatic carbocycles. The smallest absolute Gasteiger partial charge is 0.337 e. The molecule has 0 unspecified atom stereocenters. The standard InChI is InChI=1S/C21H23NO2.C7H8N2O2/c1-22(20-9-6-18-3-2-12-24-21(18)15-20)19-7-4-16(5-8-19)17-10-13-23-14-11-17;1-8-6-4-9-3-2-5(6)7(10)11/h4-10,15H,2-3,11-14H2,1H3;2-4,8H,1H3,(H,10,11). The highest BCUT2D eigenvalue weighted by molar-refractivity contribution is 5.93. The summed E-state index contributed by atoms with van der Waals surface area (Å²) < 4.78 is 11.2. The van der Waals surface area contributed by atoms with Crippen LogP contribution >= 0.6 is 0 Å². The van der Waals surface area contributed by atoms with Gasteiger partial charge in [-0.1, -0.05) is 24.3 Å². The van der Waals surface area contributed by atoms with E-state index in [9.17, 15) is 4.79 Å². The van der Waals surface area contributed by atoms with Crippen LogP contribution in [-0.4, -0.2) is 50.0 Å². The zero-order chi connectivity index (χ0) is 24.6. The summed E-state index contributed by atoms with van der Waals surface area (Å²) in [7, 11) is 3.76. The van der Waals surface area contributed by atoms with E-state index in [4.69, 9.17) is 14.6 Å². The lowest BCUT2D eigenvalue weighted by Gasteiger charge is -2.24. The minimum atomic E-state index is -0.947. The Labute approximate surface area is 206 Å². The Balaban J connectivity index is 0.000000221. The Kier molecular flexibility index (Phi) is 8.00. The molecule has 0 saturated heterocycles. The first-order valence-corrected chi connectivity index (χ1v) is 11.8. The first kappa shape index (κ1) is 24.3. The maximum Gasteiger partial charge on any atom is 0.337 e. The normalized spacial score (nSPS) is 14.4. The summed E-state index contributed by atoms with van der Waals surface area (Å²) in [5, 5.41) is 11.4. The van der Waals surface area contributed by atoms with Crippen LogP contribution in [0.1, 0.15) is 34.3 Å². The molecule has 1 aromatic heterocycles. The van der Waals surface area contributed by atoms with Crippen molar-refractivity contribution in [1.82, 2.24) is 4.98 Å². The van der Waals surface area contributed by atoms with Crippen LogP contribution in [0.3, 0.4) is 0 Å². The van der Waals surface area contributed by atoms with E-state index in [0.29, 0.717) is 5.69 Å². The number of carboxylic acids is 1. The van der Waals surface area contributed by atoms with Gasteiger partial charge in [-0.3, -0.25) is 4.98 Å². The number of carbonyl (C=O) groups is 1. The molecule has 3 aromatic rings. The average molecular weight is 474 g/mol. The Morgan fingerprint density at radius 3 is 2.54 bits per heavy atom. The molecule has 2 aliphatic heterocycles. The van der Waals surface area contributed by atoms with Crippen molar-refractivity contribution in [3.63, 3.8) is 0 Å². The van der Waals surface area contributed by atoms with Crippen molar-refractivity contribution in [3.8, 4) is 5.75 Å². The van der Waals surface area contributed by atoms with Gasteiger partial charge < -0.3 is 24.8 Å². The number of aromatic nitrogens is 1. The third kappa shape index (κ3) is 6.00. The van der Waals surface area contributed by atoms with Crippen molar-refractivity contribution >= 4 is 28.6 Å². The Morgan fingerprint density at radius 1 is 1.06 bits per heavy atom. The molecule has 7 nitrogen and oxygen atoms in total. The second-order valence-electron chi connectivity index (χ2n) is 8.38. The summed E-state index contributed by atoms with van der Waals surface area (Å²) in [5.41, 5.74) is 7.11. The molecule has 0 spiro atoms. The summed E-state index contributed by atoms with van der Waals surface area (Å²) in [6.07, 6.45) is 8.34. The monoisotopic (exact) mass is 473 g/mol. The lowest BCUT2D eigenvalue weighted by molar-refractivity contribution is 0.0698. The highest BCUT2D eigenvalue weighted by Gasteiger charge is 2.13. The first-order chi connectivity index (χ1) is 17.1. The van der Waals surface area contributed by atoms with Crippen molar-refractivity contribution in [3.05, 3.63) is 83.7 Å². The van der Waals surface area contributed by atoms with Gasteiger partial charge in [0.25, 0.3) is 0 Å². The topological polar surface area (TPSA) is 83.9 Å². The number of rotatable bonds is 5. The van der Waals surface area contributed by atoms with Crippen LogP contribution in [0.15, 0.2) is 67.0 Å². The number of aryl methyl sites for hydroxylation is 1. The number of nitrogens with one attached hydrogen (secondary N) is 1. The fourth-order valence-corrected chi connectivity index (χ4v) is 4.16. The van der Waals surface area contributed by atoms with E-state index in [1.165, 1.54) is 40.8 Å². The molecule has 0 atom stereocenters. The van der Waals surface area contributed by atoms with Crippen LogP contribution < -0.4 is 15.0 Å². The highest BCUT2D eigenvalue weighted by atomic mass is 16.5. The van der Waals surface area contributed by atoms with Crippen molar-refractivity contribution in [2.45, 2.75) is 19.3 Å². The first-order valence-electron chi connectivity index (χ1n) is 11.8. The van der Waals surface area contributed by atoms with Gasteiger partial charge in [-0.05, 0) is 60.2 Å². The Morgan fingerprint density at radius 2 is 1.86 bits per heavy atom. The molecular weight excluding hydrogens is 442 g/mol. The molecule has 182 valence electrons. The molecule has 0 fully saturated rings. The molecular formula is C28H31N3O4. The number of fused-ring (bicyclic) bond motifs is 1. The van der Waals surface area contributed by atoms with Gasteiger partial charge in [-0.25, -0.2) is 4.79 Å². The molecule has 2 N–H and O–H groups in total. The molecule has 0 radical (unpaired) electrons. The minimum Gasteiger partial charge on any atom is -0.493 e. The molecule has 5 rings (SSSR count). The molecule has 7 heteroatoms. The van der Waals surface area contributed by atoms with E-state index >= 15 is 0 Å². The van der Waals surface area contributed by atoms with Gasteiger partial charge in [0.15, 0.2) is 0 Å². The van der Waals surface area contributed by atoms with Gasteiger partial charge in [0.2, 0.25) is 0 Å². The van der Waals surface area contributed by atoms with Gasteiger partial charge >= 0.3 is 5.97 Å². The van der Waals surface area contributed by atoms with Gasteiger partial charge in [-0.15, -0.1) is 0 Å². The number of nitrogens with zero attached hydrogens (tertiary/aromatic N) is 2. The van der Waals surface area contributed by atoms with Gasteiger partial charge in [-0.2, -0.15) is 0 Å². The van der Waals surface area contributed by atoms with Crippen molar-refractivity contribution in [2.24, 2.45) is 0 Å². The molecule has 0 aliphatic carbocycles. The number of ether oxygens (including phenoxy) is 2. The van der Waals surface area contributed by atoms with Crippen LogP contribution in [0.5, 0.6) is 5.75 Å². The molecule has 0 saturated carbocycles. The van der Waals surface area contributed by atoms with Crippen LogP contribution in [0, 0.1) is 0 Å². The molecule has 2 aliphatic rings. The zero-order valence-electron chi connectivity index (χ0n) is 20.2. The number of anilines is 3. The number of aromatic carboxylic acids is 1. The maximum absolute atomic E-state index is 10.5. The number of pyridine rings is 1. The van der Waals surface area contributed by atoms with E-state index in [0.717, 1.165) is 50.5 Å². The SMILES string of the molecule is CN(c1ccc(C2=CCOCC2)cc1)c1ccc2c(c1)OCCC2.CNc1cnccc1C(=O)O. The van der Waals surface area contributed by atoms with Crippen LogP contribution in [0.4, 0.5) is 17.1 Å². The Bertz CT molecular complexity index is 1190. The van der Waals surface area contributed by atoms with Crippen LogP contribution in [0.2, 0.25) is 0 Å². The van der Waals surface area contributed by atoms with Gasteiger partial charge in [0.05, 0.1) is 37.3 Å². The van der Waals surface area contributed by atoms with Gasteiger partial charge in [0, 0.05) is 37.7 Å². The molecule has 3 heterocycles. The van der Waals surface area contributed by atoms with Crippen molar-refractivity contribution < 1.29 is 19.4 Å². The third-order valence-electron chi connectivity index (χ3n) is 6.20. The lowest BCUT2D eigenvalue weighted by Crippen LogP contribution is -2.12. The minimum absolute atomic E-state index is 0.238. The Hall–Kier alpha value is -3.84. The maximum atomic E-state index is 10.5. The predicted molar refractivity (Wildman–Crippen MR) is 139 cm³/mol. The fraction of sp³-hybridized carbons (Fsp3) is 0.286. The summed E-state index contributed by atoms with van der Waals surface area (Å²) in [6.45, 7) is 2.38. The van der Waals surface area contributed by atoms with Crippen molar-refractivity contribution in [1.29, 1.82) is 0 Å². The van der Waals surface area contributed by atoms with Crippen LogP contribution in [0.25, 0.3) is 5.57 Å². The van der Waals surface area contributed by atoms with E-state index in [1.54, 1.807) is 7.05 Å². The number of hydrogen-bond acceptors (Lipinski definition) is 6. The molecule has 0 bridgehead atoms. The third-order valence-corrected chi connectivity index (χ3v) is 6.20. The number of hydrogen-bond donors (Lipinski definition) is 2. The molecule has 35 heavy (non-hydrogen) atoms. The lowest BCUT2D eigenvalue weighted by atomic mass is 10.0. The predicted octanol–water partition coefficient (Wildman–Crippen LogP) is 5.40. The average Bonchev–Trinajstić information content (AvgIpc) is 2.93. The van der Waals surface area contributed by atoms with Crippen LogP contribution in [-0.2, 0) is 11.2 Å². The highest BCUT2D eigenvalue weighted by Crippen LogP contribution is 2.33. The summed E-state index contributed by atoms with van der Waals surface area (Å²) in [6, 6.07) is 16.8. The van der Waals surface area contributed by atoms with E-state index in [-0.39, 0.29) is 5.56 Å². The van der Waals surface area contributed by atoms with Crippen molar-refractivity contribution in [2.75, 3.05) is 44.1 Å². The van der Waals surface area contributed by atoms with E-state index in [2.05, 4.69) is 70.8 Å².